The molecule has 0 unspecified atom stereocenters. The number of aryl methyl sites for hydroxylation is 4. The van der Waals surface area contributed by atoms with E-state index in [1.54, 1.807) is 12.1 Å². The predicted octanol–water partition coefficient (Wildman–Crippen LogP) is 6.48. The molecule has 4 heterocycles. The van der Waals surface area contributed by atoms with Crippen LogP contribution < -0.4 is 15.5 Å². The lowest BCUT2D eigenvalue weighted by atomic mass is 9.99. The molecule has 340 valence electrons. The molecule has 1 fully saturated rings. The summed E-state index contributed by atoms with van der Waals surface area (Å²) in [6.45, 7) is 15.1. The minimum Gasteiger partial charge on any atom is -0.508 e. The van der Waals surface area contributed by atoms with E-state index >= 15 is 0 Å². The summed E-state index contributed by atoms with van der Waals surface area (Å²) in [6, 6.07) is 13.0. The molecule has 1 amide bonds. The van der Waals surface area contributed by atoms with E-state index in [0.29, 0.717) is 110 Å². The van der Waals surface area contributed by atoms with Crippen molar-refractivity contribution >= 4 is 62.2 Å². The van der Waals surface area contributed by atoms with Crippen molar-refractivity contribution in [2.24, 2.45) is 0 Å². The number of piperazine rings is 1. The highest BCUT2D eigenvalue weighted by molar-refractivity contribution is 7.17. The van der Waals surface area contributed by atoms with Crippen LogP contribution >= 0.6 is 22.9 Å². The number of carbonyl (C=O) groups excluding carboxylic acids is 1. The molecule has 2 aromatic carbocycles. The summed E-state index contributed by atoms with van der Waals surface area (Å²) in [7, 11) is 0. The zero-order chi connectivity index (χ0) is 44.4. The lowest BCUT2D eigenvalue weighted by Gasteiger charge is -2.35. The third-order valence-corrected chi connectivity index (χ3v) is 11.6. The number of hydrogen-bond donors (Lipinski definition) is 4. The third kappa shape index (κ3) is 14.7. The van der Waals surface area contributed by atoms with E-state index < -0.39 is 0 Å². The van der Waals surface area contributed by atoms with E-state index in [9.17, 15) is 15.0 Å². The Balaban J connectivity index is 0.737. The number of nitrogens with one attached hydrogen (secondary N) is 2. The molecule has 16 nitrogen and oxygen atoms in total. The first-order valence-corrected chi connectivity index (χ1v) is 22.6. The number of hydrogen-bond acceptors (Lipinski definition) is 16. The highest BCUT2D eigenvalue weighted by Gasteiger charge is 2.20. The maximum absolute atomic E-state index is 12.9. The Hall–Kier alpha value is -4.56. The number of amides is 1. The van der Waals surface area contributed by atoms with E-state index in [1.165, 1.54) is 17.5 Å². The summed E-state index contributed by atoms with van der Waals surface area (Å²) >= 11 is 7.53. The number of aliphatic hydroxyl groups excluding tert-OH is 1. The van der Waals surface area contributed by atoms with Crippen molar-refractivity contribution in [2.75, 3.05) is 114 Å². The Kier molecular flexibility index (Phi) is 19.1. The number of unbranched alkanes of at least 4 members (excludes halogenated alkanes) is 1. The molecule has 0 radical (unpaired) electrons. The second kappa shape index (κ2) is 25.1. The van der Waals surface area contributed by atoms with Gasteiger partial charge in [-0.15, -0.1) is 0 Å². The van der Waals surface area contributed by atoms with Gasteiger partial charge >= 0.3 is 0 Å². The number of aromatic hydroxyl groups is 1. The Bertz CT molecular complexity index is 2200. The smallest absolute Gasteiger partial charge is 0.267 e. The van der Waals surface area contributed by atoms with Crippen molar-refractivity contribution in [2.45, 2.75) is 46.6 Å². The summed E-state index contributed by atoms with van der Waals surface area (Å²) < 4.78 is 28.4. The number of pyridine rings is 1. The van der Waals surface area contributed by atoms with Gasteiger partial charge in [0.1, 0.15) is 28.1 Å². The van der Waals surface area contributed by atoms with Gasteiger partial charge in [0.2, 0.25) is 0 Å². The van der Waals surface area contributed by atoms with E-state index in [2.05, 4.69) is 46.4 Å². The second-order valence-electron chi connectivity index (χ2n) is 15.1. The number of fused-ring (bicyclic) bond motifs is 1. The van der Waals surface area contributed by atoms with Gasteiger partial charge in [-0.2, -0.15) is 0 Å². The molecule has 1 aliphatic heterocycles. The van der Waals surface area contributed by atoms with E-state index in [4.69, 9.17) is 35.3 Å². The van der Waals surface area contributed by atoms with Crippen molar-refractivity contribution in [3.63, 3.8) is 0 Å². The van der Waals surface area contributed by atoms with Crippen molar-refractivity contribution in [3.05, 3.63) is 86.8 Å². The number of thiazole rings is 1. The van der Waals surface area contributed by atoms with Crippen molar-refractivity contribution in [1.29, 1.82) is 0 Å². The first-order chi connectivity index (χ1) is 30.7. The fourth-order valence-electron chi connectivity index (χ4n) is 7.10. The largest absolute Gasteiger partial charge is 0.508 e. The Morgan fingerprint density at radius 3 is 2.19 bits per heavy atom. The first kappa shape index (κ1) is 47.9. The van der Waals surface area contributed by atoms with Crippen LogP contribution in [-0.4, -0.2) is 140 Å². The number of halogens is 1. The van der Waals surface area contributed by atoms with Crippen LogP contribution in [0.5, 0.6) is 5.75 Å². The molecule has 63 heavy (non-hydrogen) atoms. The average molecular weight is 908 g/mol. The molecule has 1 saturated heterocycles. The lowest BCUT2D eigenvalue weighted by Crippen LogP contribution is -2.47. The minimum atomic E-state index is -0.275. The van der Waals surface area contributed by atoms with Gasteiger partial charge in [-0.3, -0.25) is 14.7 Å². The molecule has 4 N–H and O–H groups in total. The SMILES string of the molecule is Cc1cc(CCCCOCCOCCOCCOCCOCCN2CCN(c3cc(Nc4ncc(C(=O)Nc5c(C)cccc5Cl)s4)nc(C)n3)CC2)c2ccc(O)c(CO)c2n1. The minimum absolute atomic E-state index is 0.0702. The normalized spacial score (nSPS) is 13.3. The molecule has 0 saturated carbocycles. The zero-order valence-corrected chi connectivity index (χ0v) is 37.9. The third-order valence-electron chi connectivity index (χ3n) is 10.4. The van der Waals surface area contributed by atoms with Gasteiger partial charge in [-0.1, -0.05) is 35.1 Å². The molecule has 6 rings (SSSR count). The standard InChI is InChI=1S/C45H59ClN8O8S/c1-31-7-6-9-37(46)42(31)52-44(57)39-29-47-45(63-39)51-40-28-41(50-33(3)49-40)54-14-12-53(13-15-54)16-18-59-20-22-61-24-26-62-25-23-60-21-19-58-17-5-4-8-34-27-32(2)48-43-35(34)10-11-38(56)36(43)30-55/h6-7,9-11,27-29,55-56H,4-5,8,12-26,30H2,1-3H3,(H,52,57)(H,47,49,50,51). The molecule has 0 aliphatic carbocycles. The Morgan fingerprint density at radius 2 is 1.51 bits per heavy atom. The number of anilines is 4. The highest BCUT2D eigenvalue weighted by atomic mass is 35.5. The Morgan fingerprint density at radius 1 is 0.825 bits per heavy atom. The quantitative estimate of drug-likeness (QED) is 0.0442. The number of phenols is 1. The molecule has 18 heteroatoms. The van der Waals surface area contributed by atoms with Crippen LogP contribution in [-0.2, 0) is 36.7 Å². The molecule has 0 atom stereocenters. The van der Waals surface area contributed by atoms with Crippen molar-refractivity contribution < 1.29 is 38.7 Å². The van der Waals surface area contributed by atoms with Gasteiger partial charge < -0.3 is 49.4 Å². The number of nitrogens with zero attached hydrogens (tertiary/aromatic N) is 6. The Labute approximate surface area is 377 Å². The summed E-state index contributed by atoms with van der Waals surface area (Å²) in [6.07, 6.45) is 4.28. The summed E-state index contributed by atoms with van der Waals surface area (Å²) in [5, 5.41) is 27.9. The number of benzene rings is 2. The fourth-order valence-corrected chi connectivity index (χ4v) is 8.09. The van der Waals surface area contributed by atoms with Gasteiger partial charge in [0.25, 0.3) is 5.91 Å². The van der Waals surface area contributed by atoms with Crippen LogP contribution in [0.15, 0.2) is 48.7 Å². The predicted molar refractivity (Wildman–Crippen MR) is 246 cm³/mol. The maximum Gasteiger partial charge on any atom is 0.267 e. The van der Waals surface area contributed by atoms with Gasteiger partial charge in [0.05, 0.1) is 88.5 Å². The summed E-state index contributed by atoms with van der Waals surface area (Å²) in [4.78, 5) is 36.2. The molecule has 0 spiro atoms. The highest BCUT2D eigenvalue weighted by Crippen LogP contribution is 2.30. The molecule has 0 bridgehead atoms. The van der Waals surface area contributed by atoms with E-state index in [0.717, 1.165) is 80.0 Å². The van der Waals surface area contributed by atoms with Gasteiger partial charge in [0.15, 0.2) is 5.13 Å². The van der Waals surface area contributed by atoms with Crippen LogP contribution in [0.3, 0.4) is 0 Å². The molecule has 5 aromatic rings. The number of aromatic nitrogens is 4. The molecule has 1 aliphatic rings. The lowest BCUT2D eigenvalue weighted by molar-refractivity contribution is -0.0124. The van der Waals surface area contributed by atoms with Crippen LogP contribution in [0.4, 0.5) is 22.5 Å². The van der Waals surface area contributed by atoms with Gasteiger partial charge in [-0.25, -0.2) is 15.0 Å². The summed E-state index contributed by atoms with van der Waals surface area (Å²) in [5.74, 6) is 1.90. The zero-order valence-electron chi connectivity index (χ0n) is 36.4. The number of carbonyl (C=O) groups is 1. The number of rotatable bonds is 26. The van der Waals surface area contributed by atoms with Crippen LogP contribution in [0, 0.1) is 20.8 Å². The number of ether oxygens (including phenoxy) is 5. The number of aliphatic hydroxyl groups is 1. The number of para-hydroxylation sites is 1. The fraction of sp³-hybridized carbons (Fsp3) is 0.489. The maximum atomic E-state index is 12.9. The van der Waals surface area contributed by atoms with Crippen LogP contribution in [0.1, 0.15) is 50.7 Å². The van der Waals surface area contributed by atoms with Crippen LogP contribution in [0.25, 0.3) is 10.9 Å². The second-order valence-corrected chi connectivity index (χ2v) is 16.5. The molecule has 3 aromatic heterocycles. The van der Waals surface area contributed by atoms with Crippen molar-refractivity contribution in [1.82, 2.24) is 24.8 Å². The monoisotopic (exact) mass is 906 g/mol. The van der Waals surface area contributed by atoms with Gasteiger partial charge in [-0.05, 0) is 75.4 Å². The summed E-state index contributed by atoms with van der Waals surface area (Å²) in [5.41, 5.74) is 4.64. The topological polar surface area (TPSA) is 186 Å². The van der Waals surface area contributed by atoms with E-state index in [1.807, 2.05) is 45.0 Å². The molecular formula is C45H59ClN8O8S. The van der Waals surface area contributed by atoms with Crippen LogP contribution in [0.2, 0.25) is 5.02 Å². The van der Waals surface area contributed by atoms with Crippen molar-refractivity contribution in [3.8, 4) is 5.75 Å². The van der Waals surface area contributed by atoms with Gasteiger partial charge in [0, 0.05) is 62.0 Å². The van der Waals surface area contributed by atoms with E-state index in [-0.39, 0.29) is 18.3 Å². The first-order valence-electron chi connectivity index (χ1n) is 21.4. The average Bonchev–Trinajstić information content (AvgIpc) is 3.74. The molecular weight excluding hydrogens is 848 g/mol.